The average molecular weight is 295 g/mol. The van der Waals surface area contributed by atoms with Gasteiger partial charge in [-0.3, -0.25) is 0 Å². The average Bonchev–Trinajstić information content (AvgIpc) is 3.03. The van der Waals surface area contributed by atoms with E-state index in [-0.39, 0.29) is 5.95 Å². The molecule has 3 aromatic rings. The lowest BCUT2D eigenvalue weighted by molar-refractivity contribution is 0.589. The highest BCUT2D eigenvalue weighted by Gasteiger charge is 2.13. The van der Waals surface area contributed by atoms with Crippen LogP contribution in [-0.2, 0) is 0 Å². The van der Waals surface area contributed by atoms with Crippen molar-refractivity contribution >= 4 is 22.8 Å². The van der Waals surface area contributed by atoms with Gasteiger partial charge in [0.2, 0.25) is 5.95 Å². The lowest BCUT2D eigenvalue weighted by atomic mass is 10.1. The van der Waals surface area contributed by atoms with E-state index in [1.54, 1.807) is 6.33 Å². The zero-order chi connectivity index (χ0) is 14.9. The third-order valence-corrected chi connectivity index (χ3v) is 3.93. The first-order valence-corrected chi connectivity index (χ1v) is 7.34. The Balaban J connectivity index is 1.71. The van der Waals surface area contributed by atoms with Crippen LogP contribution in [0.15, 0.2) is 30.6 Å². The van der Waals surface area contributed by atoms with Gasteiger partial charge in [-0.1, -0.05) is 12.1 Å². The number of anilines is 2. The van der Waals surface area contributed by atoms with E-state index in [9.17, 15) is 0 Å². The van der Waals surface area contributed by atoms with Gasteiger partial charge >= 0.3 is 0 Å². The Hall–Kier alpha value is -2.67. The maximum Gasteiger partial charge on any atom is 0.222 e. The minimum absolute atomic E-state index is 0.237. The van der Waals surface area contributed by atoms with Crippen LogP contribution in [0.4, 0.5) is 11.6 Å². The van der Waals surface area contributed by atoms with Crippen molar-refractivity contribution in [2.45, 2.75) is 0 Å². The summed E-state index contributed by atoms with van der Waals surface area (Å²) in [5, 5.41) is 3.36. The molecule has 4 rings (SSSR count). The van der Waals surface area contributed by atoms with Crippen molar-refractivity contribution in [2.75, 3.05) is 36.8 Å². The van der Waals surface area contributed by atoms with Crippen LogP contribution < -0.4 is 16.0 Å². The number of hydrogen-bond acceptors (Lipinski definition) is 6. The van der Waals surface area contributed by atoms with Crippen molar-refractivity contribution in [1.82, 2.24) is 25.3 Å². The summed E-state index contributed by atoms with van der Waals surface area (Å²) in [5.41, 5.74) is 10.2. The number of fused-ring (bicyclic) bond motifs is 1. The first-order chi connectivity index (χ1) is 10.8. The Bertz CT molecular complexity index is 787. The second-order valence-electron chi connectivity index (χ2n) is 5.32. The zero-order valence-electron chi connectivity index (χ0n) is 12.1. The smallest absolute Gasteiger partial charge is 0.222 e. The molecule has 22 heavy (non-hydrogen) atoms. The molecule has 0 radical (unpaired) electrons. The monoisotopic (exact) mass is 295 g/mol. The van der Waals surface area contributed by atoms with Gasteiger partial charge < -0.3 is 20.9 Å². The molecule has 2 aromatic heterocycles. The topological polar surface area (TPSA) is 95.8 Å². The molecular formula is C15H17N7. The van der Waals surface area contributed by atoms with E-state index in [0.717, 1.165) is 43.0 Å². The van der Waals surface area contributed by atoms with Crippen molar-refractivity contribution in [3.63, 3.8) is 0 Å². The van der Waals surface area contributed by atoms with E-state index in [1.165, 1.54) is 5.69 Å². The van der Waals surface area contributed by atoms with Gasteiger partial charge in [0, 0.05) is 37.4 Å². The number of aromatic amines is 1. The SMILES string of the molecule is Nc1nc(-c2ccc(N3CCNCC3)cc2)c2[nH]cnc2n1. The Labute approximate surface area is 127 Å². The molecule has 3 heterocycles. The third kappa shape index (κ3) is 2.25. The lowest BCUT2D eigenvalue weighted by Crippen LogP contribution is -2.43. The van der Waals surface area contributed by atoms with Crippen LogP contribution in [-0.4, -0.2) is 46.1 Å². The highest BCUT2D eigenvalue weighted by Crippen LogP contribution is 2.26. The molecule has 0 bridgehead atoms. The number of imidazole rings is 1. The van der Waals surface area contributed by atoms with E-state index in [0.29, 0.717) is 5.65 Å². The zero-order valence-corrected chi connectivity index (χ0v) is 12.1. The normalized spacial score (nSPS) is 15.4. The third-order valence-electron chi connectivity index (χ3n) is 3.93. The first-order valence-electron chi connectivity index (χ1n) is 7.34. The Morgan fingerprint density at radius 1 is 1.05 bits per heavy atom. The van der Waals surface area contributed by atoms with Crippen molar-refractivity contribution in [3.05, 3.63) is 30.6 Å². The van der Waals surface area contributed by atoms with Crippen LogP contribution in [0.25, 0.3) is 22.4 Å². The van der Waals surface area contributed by atoms with Crippen molar-refractivity contribution < 1.29 is 0 Å². The van der Waals surface area contributed by atoms with Gasteiger partial charge in [-0.15, -0.1) is 0 Å². The Morgan fingerprint density at radius 2 is 1.82 bits per heavy atom. The molecule has 1 aliphatic rings. The fourth-order valence-corrected chi connectivity index (χ4v) is 2.81. The summed E-state index contributed by atoms with van der Waals surface area (Å²) in [6.07, 6.45) is 1.61. The maximum absolute atomic E-state index is 5.78. The summed E-state index contributed by atoms with van der Waals surface area (Å²) in [5.74, 6) is 0.237. The minimum atomic E-state index is 0.237. The number of rotatable bonds is 2. The fraction of sp³-hybridized carbons (Fsp3) is 0.267. The molecule has 1 fully saturated rings. The summed E-state index contributed by atoms with van der Waals surface area (Å²) >= 11 is 0. The highest BCUT2D eigenvalue weighted by atomic mass is 15.2. The van der Waals surface area contributed by atoms with E-state index in [4.69, 9.17) is 5.73 Å². The van der Waals surface area contributed by atoms with Gasteiger partial charge in [0.15, 0.2) is 5.65 Å². The summed E-state index contributed by atoms with van der Waals surface area (Å²) in [7, 11) is 0. The van der Waals surface area contributed by atoms with E-state index < -0.39 is 0 Å². The number of nitrogens with two attached hydrogens (primary N) is 1. The van der Waals surface area contributed by atoms with E-state index in [1.807, 2.05) is 0 Å². The molecule has 0 unspecified atom stereocenters. The molecule has 1 aliphatic heterocycles. The van der Waals surface area contributed by atoms with Crippen LogP contribution in [0, 0.1) is 0 Å². The molecular weight excluding hydrogens is 278 g/mol. The molecule has 7 heteroatoms. The molecule has 4 N–H and O–H groups in total. The lowest BCUT2D eigenvalue weighted by Gasteiger charge is -2.29. The standard InChI is InChI=1S/C15H17N7/c16-15-20-12(13-14(21-15)19-9-18-13)10-1-3-11(4-2-10)22-7-5-17-6-8-22/h1-4,9,17H,5-8H2,(H3,16,18,19,20,21). The largest absolute Gasteiger partial charge is 0.369 e. The van der Waals surface area contributed by atoms with Gasteiger partial charge in [-0.25, -0.2) is 9.97 Å². The number of benzene rings is 1. The quantitative estimate of drug-likeness (QED) is 0.653. The molecule has 0 amide bonds. The minimum Gasteiger partial charge on any atom is -0.369 e. The number of H-pyrrole nitrogens is 1. The first kappa shape index (κ1) is 13.0. The fourth-order valence-electron chi connectivity index (χ4n) is 2.81. The number of hydrogen-bond donors (Lipinski definition) is 3. The number of nitrogens with one attached hydrogen (secondary N) is 2. The second-order valence-corrected chi connectivity index (χ2v) is 5.32. The summed E-state index contributed by atoms with van der Waals surface area (Å²) in [6, 6.07) is 8.39. The van der Waals surface area contributed by atoms with Crippen LogP contribution >= 0.6 is 0 Å². The molecule has 1 aromatic carbocycles. The molecule has 112 valence electrons. The maximum atomic E-state index is 5.78. The summed E-state index contributed by atoms with van der Waals surface area (Å²) < 4.78 is 0. The number of piperazine rings is 1. The number of aromatic nitrogens is 4. The van der Waals surface area contributed by atoms with Gasteiger partial charge in [-0.2, -0.15) is 4.98 Å². The molecule has 0 aliphatic carbocycles. The Kier molecular flexibility index (Phi) is 3.12. The predicted molar refractivity (Wildman–Crippen MR) is 86.6 cm³/mol. The van der Waals surface area contributed by atoms with Crippen molar-refractivity contribution in [3.8, 4) is 11.3 Å². The Morgan fingerprint density at radius 3 is 2.59 bits per heavy atom. The number of nitrogen functional groups attached to an aromatic ring is 1. The molecule has 7 nitrogen and oxygen atoms in total. The predicted octanol–water partition coefficient (Wildman–Crippen LogP) is 1.01. The molecule has 0 spiro atoms. The molecule has 0 atom stereocenters. The molecule has 0 saturated carbocycles. The molecule has 1 saturated heterocycles. The van der Waals surface area contributed by atoms with Crippen molar-refractivity contribution in [1.29, 1.82) is 0 Å². The van der Waals surface area contributed by atoms with Gasteiger partial charge in [0.1, 0.15) is 11.2 Å². The van der Waals surface area contributed by atoms with Gasteiger partial charge in [0.05, 0.1) is 6.33 Å². The van der Waals surface area contributed by atoms with E-state index in [2.05, 4.69) is 54.4 Å². The number of nitrogens with zero attached hydrogens (tertiary/aromatic N) is 4. The van der Waals surface area contributed by atoms with Crippen LogP contribution in [0.3, 0.4) is 0 Å². The van der Waals surface area contributed by atoms with E-state index >= 15 is 0 Å². The van der Waals surface area contributed by atoms with Crippen LogP contribution in [0.5, 0.6) is 0 Å². The summed E-state index contributed by atoms with van der Waals surface area (Å²) in [4.78, 5) is 18.1. The van der Waals surface area contributed by atoms with Crippen LogP contribution in [0.1, 0.15) is 0 Å². The van der Waals surface area contributed by atoms with Gasteiger partial charge in [0.25, 0.3) is 0 Å². The van der Waals surface area contributed by atoms with Gasteiger partial charge in [-0.05, 0) is 12.1 Å². The highest BCUT2D eigenvalue weighted by molar-refractivity contribution is 5.88. The van der Waals surface area contributed by atoms with Crippen LogP contribution in [0.2, 0.25) is 0 Å². The second kappa shape index (κ2) is 5.27. The van der Waals surface area contributed by atoms with Crippen molar-refractivity contribution in [2.24, 2.45) is 0 Å². The summed E-state index contributed by atoms with van der Waals surface area (Å²) in [6.45, 7) is 4.12.